The molecular weight excluding hydrogens is 286 g/mol. The van der Waals surface area contributed by atoms with Crippen LogP contribution in [0.15, 0.2) is 61.2 Å². The average molecular weight is 302 g/mol. The first-order valence-electron chi connectivity index (χ1n) is 6.56. The van der Waals surface area contributed by atoms with Crippen molar-refractivity contribution >= 4 is 23.2 Å². The van der Waals surface area contributed by atoms with Crippen LogP contribution < -0.4 is 10.1 Å². The van der Waals surface area contributed by atoms with E-state index in [-0.39, 0.29) is 12.3 Å². The third-order valence-electron chi connectivity index (χ3n) is 2.81. The first-order chi connectivity index (χ1) is 10.2. The molecule has 2 aromatic carbocycles. The van der Waals surface area contributed by atoms with Crippen LogP contribution in [-0.4, -0.2) is 12.5 Å². The highest BCUT2D eigenvalue weighted by Gasteiger charge is 2.07. The van der Waals surface area contributed by atoms with E-state index in [0.29, 0.717) is 11.6 Å². The molecule has 0 aromatic heterocycles. The van der Waals surface area contributed by atoms with Gasteiger partial charge < -0.3 is 10.1 Å². The minimum absolute atomic E-state index is 0.108. The summed E-state index contributed by atoms with van der Waals surface area (Å²) < 4.78 is 5.38. The number of rotatable bonds is 6. The smallest absolute Gasteiger partial charge is 0.228 e. The molecule has 1 amide bonds. The Balaban J connectivity index is 1.93. The van der Waals surface area contributed by atoms with Crippen molar-refractivity contribution in [3.8, 4) is 5.75 Å². The lowest BCUT2D eigenvalue weighted by Gasteiger charge is -2.08. The molecule has 0 aliphatic rings. The predicted molar refractivity (Wildman–Crippen MR) is 85.9 cm³/mol. The number of hydrogen-bond acceptors (Lipinski definition) is 2. The standard InChI is InChI=1S/C17H16ClNO2/c1-2-11-21-15-9-7-14(8-10-15)19-17(20)12-13-5-3-4-6-16(13)18/h2-10H,1,11-12H2,(H,19,20). The van der Waals surface area contributed by atoms with E-state index in [0.717, 1.165) is 17.0 Å². The van der Waals surface area contributed by atoms with Crippen molar-refractivity contribution in [2.75, 3.05) is 11.9 Å². The van der Waals surface area contributed by atoms with Crippen LogP contribution in [0, 0.1) is 0 Å². The Bertz CT molecular complexity index is 623. The normalized spacial score (nSPS) is 9.95. The number of halogens is 1. The average Bonchev–Trinajstić information content (AvgIpc) is 2.49. The van der Waals surface area contributed by atoms with Crippen molar-refractivity contribution in [3.05, 3.63) is 71.8 Å². The van der Waals surface area contributed by atoms with E-state index in [9.17, 15) is 4.79 Å². The number of benzene rings is 2. The lowest BCUT2D eigenvalue weighted by molar-refractivity contribution is -0.115. The second-order valence-electron chi connectivity index (χ2n) is 4.44. The van der Waals surface area contributed by atoms with Gasteiger partial charge in [0.25, 0.3) is 0 Å². The number of ether oxygens (including phenoxy) is 1. The zero-order valence-electron chi connectivity index (χ0n) is 11.5. The van der Waals surface area contributed by atoms with E-state index >= 15 is 0 Å². The fourth-order valence-corrected chi connectivity index (χ4v) is 2.01. The first kappa shape index (κ1) is 15.1. The number of nitrogens with one attached hydrogen (secondary N) is 1. The summed E-state index contributed by atoms with van der Waals surface area (Å²) in [4.78, 5) is 12.0. The molecule has 0 saturated carbocycles. The van der Waals surface area contributed by atoms with Crippen LogP contribution in [0.1, 0.15) is 5.56 Å². The molecule has 0 aliphatic carbocycles. The van der Waals surface area contributed by atoms with Gasteiger partial charge >= 0.3 is 0 Å². The highest BCUT2D eigenvalue weighted by Crippen LogP contribution is 2.18. The lowest BCUT2D eigenvalue weighted by Crippen LogP contribution is -2.14. The maximum atomic E-state index is 12.0. The largest absolute Gasteiger partial charge is 0.490 e. The first-order valence-corrected chi connectivity index (χ1v) is 6.94. The topological polar surface area (TPSA) is 38.3 Å². The van der Waals surface area contributed by atoms with Gasteiger partial charge in [-0.1, -0.05) is 42.5 Å². The van der Waals surface area contributed by atoms with E-state index in [1.807, 2.05) is 18.2 Å². The zero-order chi connectivity index (χ0) is 15.1. The molecule has 108 valence electrons. The van der Waals surface area contributed by atoms with Gasteiger partial charge in [0.15, 0.2) is 0 Å². The lowest BCUT2D eigenvalue weighted by atomic mass is 10.1. The number of hydrogen-bond donors (Lipinski definition) is 1. The van der Waals surface area contributed by atoms with Gasteiger partial charge in [0.1, 0.15) is 12.4 Å². The fraction of sp³-hybridized carbons (Fsp3) is 0.118. The monoisotopic (exact) mass is 301 g/mol. The molecule has 0 spiro atoms. The van der Waals surface area contributed by atoms with Crippen LogP contribution in [0.4, 0.5) is 5.69 Å². The molecule has 0 bridgehead atoms. The minimum Gasteiger partial charge on any atom is -0.490 e. The van der Waals surface area contributed by atoms with Gasteiger partial charge in [-0.15, -0.1) is 0 Å². The molecule has 2 rings (SSSR count). The fourth-order valence-electron chi connectivity index (χ4n) is 1.81. The molecule has 21 heavy (non-hydrogen) atoms. The number of carbonyl (C=O) groups excluding carboxylic acids is 1. The third kappa shape index (κ3) is 4.65. The molecule has 3 nitrogen and oxygen atoms in total. The molecule has 0 aliphatic heterocycles. The second-order valence-corrected chi connectivity index (χ2v) is 4.85. The highest BCUT2D eigenvalue weighted by atomic mass is 35.5. The molecular formula is C17H16ClNO2. The molecule has 0 unspecified atom stereocenters. The summed E-state index contributed by atoms with van der Waals surface area (Å²) >= 11 is 6.04. The van der Waals surface area contributed by atoms with Crippen molar-refractivity contribution < 1.29 is 9.53 Å². The van der Waals surface area contributed by atoms with Crippen LogP contribution in [0.5, 0.6) is 5.75 Å². The molecule has 0 radical (unpaired) electrons. The summed E-state index contributed by atoms with van der Waals surface area (Å²) in [6.45, 7) is 4.04. The Kier molecular flexibility index (Phi) is 5.41. The van der Waals surface area contributed by atoms with Gasteiger partial charge in [-0.05, 0) is 35.9 Å². The van der Waals surface area contributed by atoms with Gasteiger partial charge in [0.2, 0.25) is 5.91 Å². The Morgan fingerprint density at radius 3 is 2.57 bits per heavy atom. The molecule has 0 atom stereocenters. The zero-order valence-corrected chi connectivity index (χ0v) is 12.3. The summed E-state index contributed by atoms with van der Waals surface area (Å²) in [5.74, 6) is 0.627. The van der Waals surface area contributed by atoms with Crippen molar-refractivity contribution in [1.29, 1.82) is 0 Å². The Labute approximate surface area is 129 Å². The summed E-state index contributed by atoms with van der Waals surface area (Å²) in [5, 5.41) is 3.43. The Hall–Kier alpha value is -2.26. The van der Waals surface area contributed by atoms with E-state index in [4.69, 9.17) is 16.3 Å². The van der Waals surface area contributed by atoms with Crippen LogP contribution >= 0.6 is 11.6 Å². The summed E-state index contributed by atoms with van der Waals surface area (Å²) in [6.07, 6.45) is 1.92. The summed E-state index contributed by atoms with van der Waals surface area (Å²) in [7, 11) is 0. The molecule has 0 saturated heterocycles. The van der Waals surface area contributed by atoms with Crippen molar-refractivity contribution in [2.45, 2.75) is 6.42 Å². The van der Waals surface area contributed by atoms with E-state index in [1.54, 1.807) is 36.4 Å². The SMILES string of the molecule is C=CCOc1ccc(NC(=O)Cc2ccccc2Cl)cc1. The second kappa shape index (κ2) is 7.50. The highest BCUT2D eigenvalue weighted by molar-refractivity contribution is 6.31. The van der Waals surface area contributed by atoms with Gasteiger partial charge in [-0.25, -0.2) is 0 Å². The number of anilines is 1. The van der Waals surface area contributed by atoms with Crippen LogP contribution in [0.2, 0.25) is 5.02 Å². The van der Waals surface area contributed by atoms with E-state index in [1.165, 1.54) is 0 Å². The van der Waals surface area contributed by atoms with E-state index < -0.39 is 0 Å². The summed E-state index contributed by atoms with van der Waals surface area (Å²) in [6, 6.07) is 14.5. The molecule has 2 aromatic rings. The van der Waals surface area contributed by atoms with Crippen molar-refractivity contribution in [3.63, 3.8) is 0 Å². The van der Waals surface area contributed by atoms with Gasteiger partial charge in [-0.2, -0.15) is 0 Å². The molecule has 1 N–H and O–H groups in total. The Morgan fingerprint density at radius 1 is 1.19 bits per heavy atom. The molecule has 4 heteroatoms. The number of carbonyl (C=O) groups is 1. The summed E-state index contributed by atoms with van der Waals surface area (Å²) in [5.41, 5.74) is 1.53. The van der Waals surface area contributed by atoms with Crippen LogP contribution in [0.3, 0.4) is 0 Å². The van der Waals surface area contributed by atoms with E-state index in [2.05, 4.69) is 11.9 Å². The van der Waals surface area contributed by atoms with Crippen molar-refractivity contribution in [2.24, 2.45) is 0 Å². The third-order valence-corrected chi connectivity index (χ3v) is 3.18. The van der Waals surface area contributed by atoms with Gasteiger partial charge in [0, 0.05) is 10.7 Å². The van der Waals surface area contributed by atoms with Crippen molar-refractivity contribution in [1.82, 2.24) is 0 Å². The Morgan fingerprint density at radius 2 is 1.90 bits per heavy atom. The van der Waals surface area contributed by atoms with Crippen LogP contribution in [-0.2, 0) is 11.2 Å². The predicted octanol–water partition coefficient (Wildman–Crippen LogP) is 4.09. The quantitative estimate of drug-likeness (QED) is 0.816. The number of amides is 1. The van der Waals surface area contributed by atoms with Crippen LogP contribution in [0.25, 0.3) is 0 Å². The maximum Gasteiger partial charge on any atom is 0.228 e. The molecule has 0 heterocycles. The maximum absolute atomic E-state index is 12.0. The minimum atomic E-state index is -0.108. The molecule has 0 fully saturated rings. The van der Waals surface area contributed by atoms with Gasteiger partial charge in [0.05, 0.1) is 6.42 Å². The van der Waals surface area contributed by atoms with Gasteiger partial charge in [-0.3, -0.25) is 4.79 Å².